The number of benzene rings is 3. The Kier molecular flexibility index (Phi) is 8.87. The van der Waals surface area contributed by atoms with E-state index >= 15 is 0 Å². The highest BCUT2D eigenvalue weighted by Gasteiger charge is 2.11. The van der Waals surface area contributed by atoms with Gasteiger partial charge in [-0.3, -0.25) is 9.89 Å². The van der Waals surface area contributed by atoms with Gasteiger partial charge in [-0.25, -0.2) is 5.43 Å². The van der Waals surface area contributed by atoms with E-state index in [9.17, 15) is 4.79 Å². The molecule has 6 nitrogen and oxygen atoms in total. The summed E-state index contributed by atoms with van der Waals surface area (Å²) in [6.45, 7) is 4.84. The van der Waals surface area contributed by atoms with Crippen LogP contribution in [0.25, 0.3) is 22.0 Å². The number of rotatable bonds is 12. The maximum Gasteiger partial charge on any atom is 0.289 e. The van der Waals surface area contributed by atoms with Crippen LogP contribution in [0, 0.1) is 0 Å². The number of aromatic amines is 1. The van der Waals surface area contributed by atoms with Crippen molar-refractivity contribution in [2.24, 2.45) is 5.10 Å². The number of aromatic nitrogens is 2. The fourth-order valence-corrected chi connectivity index (χ4v) is 4.05. The Balaban J connectivity index is 1.29. The molecule has 36 heavy (non-hydrogen) atoms. The minimum Gasteiger partial charge on any atom is -0.494 e. The Bertz CT molecular complexity index is 1310. The van der Waals surface area contributed by atoms with E-state index in [2.05, 4.69) is 51.9 Å². The van der Waals surface area contributed by atoms with Crippen LogP contribution in [0.3, 0.4) is 0 Å². The topological polar surface area (TPSA) is 79.4 Å². The molecule has 2 N–H and O–H groups in total. The van der Waals surface area contributed by atoms with Crippen LogP contribution >= 0.6 is 0 Å². The predicted molar refractivity (Wildman–Crippen MR) is 147 cm³/mol. The van der Waals surface area contributed by atoms with Gasteiger partial charge in [0.05, 0.1) is 18.0 Å². The van der Waals surface area contributed by atoms with E-state index in [1.165, 1.54) is 37.5 Å². The Labute approximate surface area is 212 Å². The van der Waals surface area contributed by atoms with Crippen LogP contribution in [0.15, 0.2) is 77.9 Å². The van der Waals surface area contributed by atoms with Crippen LogP contribution in [0.5, 0.6) is 5.75 Å². The highest BCUT2D eigenvalue weighted by atomic mass is 16.5. The van der Waals surface area contributed by atoms with Gasteiger partial charge in [0, 0.05) is 5.56 Å². The molecule has 3 aromatic carbocycles. The van der Waals surface area contributed by atoms with E-state index in [0.29, 0.717) is 11.4 Å². The molecule has 1 heterocycles. The van der Waals surface area contributed by atoms with Gasteiger partial charge in [0.15, 0.2) is 0 Å². The van der Waals surface area contributed by atoms with Crippen molar-refractivity contribution in [3.05, 3.63) is 84.1 Å². The van der Waals surface area contributed by atoms with Gasteiger partial charge in [-0.1, -0.05) is 75.4 Å². The zero-order valence-corrected chi connectivity index (χ0v) is 21.1. The molecule has 4 rings (SSSR count). The number of fused-ring (bicyclic) bond motifs is 1. The normalized spacial score (nSPS) is 11.6. The van der Waals surface area contributed by atoms with Gasteiger partial charge in [-0.15, -0.1) is 0 Å². The van der Waals surface area contributed by atoms with Crippen LogP contribution < -0.4 is 10.2 Å². The standard InChI is InChI=1S/C30H34N4O2/c1-3-4-5-6-7-10-19-36-27-17-15-24(16-18-27)28-21-29(33-32-28)30(35)34-31-22(2)25-14-13-23-11-8-9-12-26(23)20-25/h8-9,11-18,20-21H,3-7,10,19H2,1-2H3,(H,32,33)(H,34,35)/b31-22+. The first-order valence-corrected chi connectivity index (χ1v) is 12.8. The summed E-state index contributed by atoms with van der Waals surface area (Å²) in [5, 5.41) is 13.7. The molecule has 1 aromatic heterocycles. The van der Waals surface area contributed by atoms with E-state index in [4.69, 9.17) is 4.74 Å². The van der Waals surface area contributed by atoms with Gasteiger partial charge in [-0.05, 0) is 66.1 Å². The molecule has 1 amide bonds. The molecule has 0 saturated carbocycles. The first-order chi connectivity index (χ1) is 17.6. The van der Waals surface area contributed by atoms with Crippen molar-refractivity contribution in [3.8, 4) is 17.0 Å². The second-order valence-corrected chi connectivity index (χ2v) is 9.01. The van der Waals surface area contributed by atoms with Gasteiger partial charge >= 0.3 is 0 Å². The highest BCUT2D eigenvalue weighted by Crippen LogP contribution is 2.22. The van der Waals surface area contributed by atoms with E-state index in [0.717, 1.165) is 41.0 Å². The number of hydrogen-bond donors (Lipinski definition) is 2. The highest BCUT2D eigenvalue weighted by molar-refractivity contribution is 6.03. The lowest BCUT2D eigenvalue weighted by atomic mass is 10.0. The number of hydrogen-bond acceptors (Lipinski definition) is 4. The summed E-state index contributed by atoms with van der Waals surface area (Å²) >= 11 is 0. The maximum atomic E-state index is 12.6. The van der Waals surface area contributed by atoms with Crippen LogP contribution in [0.2, 0.25) is 0 Å². The zero-order chi connectivity index (χ0) is 25.2. The number of carbonyl (C=O) groups excluding carboxylic acids is 1. The number of unbranched alkanes of at least 4 members (excludes halogenated alkanes) is 5. The number of nitrogens with zero attached hydrogens (tertiary/aromatic N) is 2. The van der Waals surface area contributed by atoms with Crippen molar-refractivity contribution >= 4 is 22.4 Å². The molecule has 0 bridgehead atoms. The monoisotopic (exact) mass is 482 g/mol. The zero-order valence-electron chi connectivity index (χ0n) is 21.1. The average molecular weight is 483 g/mol. The van der Waals surface area contributed by atoms with E-state index < -0.39 is 0 Å². The van der Waals surface area contributed by atoms with Crippen LogP contribution in [0.4, 0.5) is 0 Å². The molecule has 0 spiro atoms. The van der Waals surface area contributed by atoms with Crippen LogP contribution in [0.1, 0.15) is 68.4 Å². The summed E-state index contributed by atoms with van der Waals surface area (Å²) in [4.78, 5) is 12.6. The molecule has 0 aliphatic heterocycles. The van der Waals surface area contributed by atoms with Crippen LogP contribution in [-0.2, 0) is 0 Å². The number of nitrogens with one attached hydrogen (secondary N) is 2. The van der Waals surface area contributed by atoms with Gasteiger partial charge in [0.1, 0.15) is 11.4 Å². The summed E-state index contributed by atoms with van der Waals surface area (Å²) in [6, 6.07) is 23.8. The Hall–Kier alpha value is -3.93. The molecule has 0 aliphatic rings. The predicted octanol–water partition coefficient (Wildman–Crippen LogP) is 7.12. The second kappa shape index (κ2) is 12.7. The first kappa shape index (κ1) is 25.2. The largest absolute Gasteiger partial charge is 0.494 e. The Morgan fingerprint density at radius 2 is 1.67 bits per heavy atom. The lowest BCUT2D eigenvalue weighted by Crippen LogP contribution is -2.19. The summed E-state index contributed by atoms with van der Waals surface area (Å²) in [6.07, 6.45) is 7.46. The van der Waals surface area contributed by atoms with E-state index in [1.807, 2.05) is 49.4 Å². The number of H-pyrrole nitrogens is 1. The summed E-state index contributed by atoms with van der Waals surface area (Å²) in [5.74, 6) is 0.507. The minimum atomic E-state index is -0.340. The third-order valence-electron chi connectivity index (χ3n) is 6.23. The molecule has 0 aliphatic carbocycles. The lowest BCUT2D eigenvalue weighted by molar-refractivity contribution is 0.0950. The van der Waals surface area contributed by atoms with E-state index in [-0.39, 0.29) is 5.91 Å². The number of carbonyl (C=O) groups is 1. The van der Waals surface area contributed by atoms with Crippen molar-refractivity contribution < 1.29 is 9.53 Å². The molecule has 0 saturated heterocycles. The average Bonchev–Trinajstić information content (AvgIpc) is 3.42. The van der Waals surface area contributed by atoms with Crippen LogP contribution in [-0.4, -0.2) is 28.4 Å². The molecule has 0 radical (unpaired) electrons. The molecular formula is C30H34N4O2. The molecule has 0 atom stereocenters. The van der Waals surface area contributed by atoms with Crippen molar-refractivity contribution in [1.29, 1.82) is 0 Å². The fraction of sp³-hybridized carbons (Fsp3) is 0.300. The van der Waals surface area contributed by atoms with E-state index in [1.54, 1.807) is 6.07 Å². The molecule has 0 fully saturated rings. The van der Waals surface area contributed by atoms with Crippen molar-refractivity contribution in [2.75, 3.05) is 6.61 Å². The number of ether oxygens (including phenoxy) is 1. The van der Waals surface area contributed by atoms with Crippen molar-refractivity contribution in [3.63, 3.8) is 0 Å². The molecule has 0 unspecified atom stereocenters. The summed E-state index contributed by atoms with van der Waals surface area (Å²) in [5.41, 5.74) is 6.26. The second-order valence-electron chi connectivity index (χ2n) is 9.01. The third kappa shape index (κ3) is 6.81. The molecule has 6 heteroatoms. The maximum absolute atomic E-state index is 12.6. The van der Waals surface area contributed by atoms with Crippen molar-refractivity contribution in [2.45, 2.75) is 52.4 Å². The third-order valence-corrected chi connectivity index (χ3v) is 6.23. The lowest BCUT2D eigenvalue weighted by Gasteiger charge is -2.06. The SMILES string of the molecule is CCCCCCCCOc1ccc(-c2cc(C(=O)N/N=C(\C)c3ccc4ccccc4c3)[nH]n2)cc1. The smallest absolute Gasteiger partial charge is 0.289 e. The van der Waals surface area contributed by atoms with Gasteiger partial charge in [0.25, 0.3) is 5.91 Å². The number of hydrazone groups is 1. The molecule has 4 aromatic rings. The first-order valence-electron chi connectivity index (χ1n) is 12.8. The van der Waals surface area contributed by atoms with Gasteiger partial charge in [-0.2, -0.15) is 10.2 Å². The minimum absolute atomic E-state index is 0.340. The molecule has 186 valence electrons. The quantitative estimate of drug-likeness (QED) is 0.128. The Morgan fingerprint density at radius 1 is 0.917 bits per heavy atom. The Morgan fingerprint density at radius 3 is 2.47 bits per heavy atom. The summed E-state index contributed by atoms with van der Waals surface area (Å²) < 4.78 is 5.85. The summed E-state index contributed by atoms with van der Waals surface area (Å²) in [7, 11) is 0. The fourth-order valence-electron chi connectivity index (χ4n) is 4.05. The van der Waals surface area contributed by atoms with Crippen molar-refractivity contribution in [1.82, 2.24) is 15.6 Å². The number of amides is 1. The molecular weight excluding hydrogens is 448 g/mol. The van der Waals surface area contributed by atoms with Gasteiger partial charge < -0.3 is 4.74 Å². The van der Waals surface area contributed by atoms with Gasteiger partial charge in [0.2, 0.25) is 0 Å².